The van der Waals surface area contributed by atoms with Gasteiger partial charge in [0.1, 0.15) is 29.5 Å². The van der Waals surface area contributed by atoms with Crippen molar-refractivity contribution < 1.29 is 32.2 Å². The maximum absolute atomic E-state index is 15.2. The van der Waals surface area contributed by atoms with E-state index in [1.807, 2.05) is 56.3 Å². The van der Waals surface area contributed by atoms with Crippen molar-refractivity contribution in [1.82, 2.24) is 4.31 Å². The van der Waals surface area contributed by atoms with Gasteiger partial charge < -0.3 is 14.6 Å². The van der Waals surface area contributed by atoms with E-state index in [4.69, 9.17) is 9.47 Å². The molecule has 2 fully saturated rings. The Hall–Kier alpha value is -3.43. The third-order valence-corrected chi connectivity index (χ3v) is 9.90. The molecule has 1 aliphatic heterocycles. The van der Waals surface area contributed by atoms with Gasteiger partial charge in [-0.05, 0) is 109 Å². The fourth-order valence-corrected chi connectivity index (χ4v) is 7.40. The minimum absolute atomic E-state index is 0.0531. The lowest BCUT2D eigenvalue weighted by atomic mass is 9.90. The Morgan fingerprint density at radius 2 is 1.71 bits per heavy atom. The standard InChI is InChI=1S/C32H34FNO6S/c1-18-14-23(39-22-12-13-34(17-22)41(3,37)38)15-19(2)30(18)24-8-10-28(33)31-25(24)9-11-29(31)40-21-6-4-20(5-7-21)26-16-27(26)32(35)36/h4-8,10,14-15,22,26-27,29H,9,11-13,16-17H2,1-3H3,(H,35,36)/t22-,26+,27-,29+/m0/s1. The number of nitrogens with zero attached hydrogens (tertiary/aromatic N) is 1. The van der Waals surface area contributed by atoms with Crippen LogP contribution in [0.2, 0.25) is 0 Å². The van der Waals surface area contributed by atoms with E-state index >= 15 is 4.39 Å². The SMILES string of the molecule is Cc1cc(O[C@H]2CCN(S(C)(=O)=O)C2)cc(C)c1-c1ccc(F)c2c1CC[C@H]2Oc1ccc([C@H]2C[C@@H]2C(=O)O)cc1. The van der Waals surface area contributed by atoms with Crippen LogP contribution in [0.3, 0.4) is 0 Å². The van der Waals surface area contributed by atoms with Gasteiger partial charge in [0.15, 0.2) is 0 Å². The number of aryl methyl sites for hydroxylation is 2. The summed E-state index contributed by atoms with van der Waals surface area (Å²) in [5.41, 5.74) is 6.57. The molecule has 0 spiro atoms. The van der Waals surface area contributed by atoms with E-state index in [0.29, 0.717) is 55.8 Å². The maximum Gasteiger partial charge on any atom is 0.307 e. The Bertz CT molecular complexity index is 1600. The van der Waals surface area contributed by atoms with Crippen LogP contribution in [-0.2, 0) is 21.2 Å². The lowest BCUT2D eigenvalue weighted by molar-refractivity contribution is -0.138. The Balaban J connectivity index is 1.21. The normalized spacial score (nSPS) is 23.8. The molecule has 6 rings (SSSR count). The molecular weight excluding hydrogens is 545 g/mol. The van der Waals surface area contributed by atoms with Crippen molar-refractivity contribution >= 4 is 16.0 Å². The molecule has 1 saturated heterocycles. The maximum atomic E-state index is 15.2. The summed E-state index contributed by atoms with van der Waals surface area (Å²) in [6.45, 7) is 4.83. The van der Waals surface area contributed by atoms with E-state index in [0.717, 1.165) is 33.4 Å². The molecular formula is C32H34FNO6S. The third-order valence-electron chi connectivity index (χ3n) is 8.63. The van der Waals surface area contributed by atoms with Crippen LogP contribution in [-0.4, -0.2) is 49.2 Å². The highest BCUT2D eigenvalue weighted by molar-refractivity contribution is 7.88. The average molecular weight is 580 g/mol. The van der Waals surface area contributed by atoms with Crippen LogP contribution in [0, 0.1) is 25.6 Å². The van der Waals surface area contributed by atoms with Crippen LogP contribution in [0.15, 0.2) is 48.5 Å². The Morgan fingerprint density at radius 3 is 2.32 bits per heavy atom. The predicted molar refractivity (Wildman–Crippen MR) is 153 cm³/mol. The van der Waals surface area contributed by atoms with E-state index in [-0.39, 0.29) is 23.8 Å². The minimum Gasteiger partial charge on any atom is -0.489 e. The summed E-state index contributed by atoms with van der Waals surface area (Å²) in [7, 11) is -3.24. The number of ether oxygens (including phenoxy) is 2. The van der Waals surface area contributed by atoms with Crippen molar-refractivity contribution in [2.75, 3.05) is 19.3 Å². The van der Waals surface area contributed by atoms with Gasteiger partial charge in [-0.25, -0.2) is 12.8 Å². The summed E-state index contributed by atoms with van der Waals surface area (Å²) in [5.74, 6) is 0.0463. The van der Waals surface area contributed by atoms with Gasteiger partial charge in [0, 0.05) is 12.1 Å². The smallest absolute Gasteiger partial charge is 0.307 e. The van der Waals surface area contributed by atoms with E-state index in [1.54, 1.807) is 0 Å². The van der Waals surface area contributed by atoms with Crippen molar-refractivity contribution in [1.29, 1.82) is 0 Å². The highest BCUT2D eigenvalue weighted by Crippen LogP contribution is 2.48. The molecule has 1 heterocycles. The number of aliphatic carboxylic acids is 1. The molecule has 0 amide bonds. The molecule has 0 unspecified atom stereocenters. The second-order valence-corrected chi connectivity index (χ2v) is 13.6. The topological polar surface area (TPSA) is 93.1 Å². The van der Waals surface area contributed by atoms with Gasteiger partial charge in [-0.2, -0.15) is 4.31 Å². The molecule has 0 bridgehead atoms. The van der Waals surface area contributed by atoms with Gasteiger partial charge in [0.05, 0.1) is 18.7 Å². The van der Waals surface area contributed by atoms with Gasteiger partial charge in [-0.1, -0.05) is 18.2 Å². The first-order valence-electron chi connectivity index (χ1n) is 14.0. The second kappa shape index (κ2) is 10.4. The molecule has 9 heteroatoms. The summed E-state index contributed by atoms with van der Waals surface area (Å²) in [4.78, 5) is 11.2. The molecule has 0 radical (unpaired) electrons. The average Bonchev–Trinajstić information content (AvgIpc) is 3.38. The van der Waals surface area contributed by atoms with Crippen LogP contribution in [0.1, 0.15) is 59.1 Å². The largest absolute Gasteiger partial charge is 0.489 e. The van der Waals surface area contributed by atoms with Crippen LogP contribution in [0.4, 0.5) is 4.39 Å². The molecule has 3 aliphatic rings. The van der Waals surface area contributed by atoms with Crippen LogP contribution in [0.25, 0.3) is 11.1 Å². The fraction of sp³-hybridized carbons (Fsp3) is 0.406. The molecule has 1 N–H and O–H groups in total. The van der Waals surface area contributed by atoms with Crippen molar-refractivity contribution in [3.8, 4) is 22.6 Å². The van der Waals surface area contributed by atoms with Gasteiger partial charge in [0.2, 0.25) is 10.0 Å². The molecule has 7 nitrogen and oxygen atoms in total. The van der Waals surface area contributed by atoms with Crippen molar-refractivity contribution in [3.05, 3.63) is 82.2 Å². The molecule has 216 valence electrons. The van der Waals surface area contributed by atoms with Gasteiger partial charge in [-0.15, -0.1) is 0 Å². The van der Waals surface area contributed by atoms with E-state index in [1.165, 1.54) is 16.6 Å². The van der Waals surface area contributed by atoms with E-state index in [2.05, 4.69) is 0 Å². The number of fused-ring (bicyclic) bond motifs is 1. The monoisotopic (exact) mass is 579 g/mol. The quantitative estimate of drug-likeness (QED) is 0.364. The van der Waals surface area contributed by atoms with Crippen LogP contribution < -0.4 is 9.47 Å². The first-order valence-corrected chi connectivity index (χ1v) is 15.9. The Kier molecular flexibility index (Phi) is 7.06. The third kappa shape index (κ3) is 5.45. The molecule has 3 aromatic carbocycles. The van der Waals surface area contributed by atoms with Gasteiger partial charge in [0.25, 0.3) is 0 Å². The van der Waals surface area contributed by atoms with Gasteiger partial charge >= 0.3 is 5.97 Å². The highest BCUT2D eigenvalue weighted by atomic mass is 32.2. The predicted octanol–water partition coefficient (Wildman–Crippen LogP) is 5.78. The van der Waals surface area contributed by atoms with Crippen molar-refractivity contribution in [2.45, 2.75) is 57.7 Å². The highest BCUT2D eigenvalue weighted by Gasteiger charge is 2.44. The molecule has 3 aromatic rings. The van der Waals surface area contributed by atoms with Gasteiger partial charge in [-0.3, -0.25) is 4.79 Å². The number of carboxylic acid groups (broad SMARTS) is 1. The minimum atomic E-state index is -3.24. The number of rotatable bonds is 8. The van der Waals surface area contributed by atoms with Crippen molar-refractivity contribution in [3.63, 3.8) is 0 Å². The number of carbonyl (C=O) groups is 1. The summed E-state index contributed by atoms with van der Waals surface area (Å²) >= 11 is 0. The van der Waals surface area contributed by atoms with E-state index in [9.17, 15) is 18.3 Å². The molecule has 1 saturated carbocycles. The number of carboxylic acids is 1. The van der Waals surface area contributed by atoms with Crippen LogP contribution in [0.5, 0.6) is 11.5 Å². The molecule has 4 atom stereocenters. The first-order chi connectivity index (χ1) is 19.5. The zero-order chi connectivity index (χ0) is 29.1. The summed E-state index contributed by atoms with van der Waals surface area (Å²) < 4.78 is 52.9. The Morgan fingerprint density at radius 1 is 1.00 bits per heavy atom. The van der Waals surface area contributed by atoms with Crippen LogP contribution >= 0.6 is 0 Å². The summed E-state index contributed by atoms with van der Waals surface area (Å²) in [5, 5.41) is 9.20. The lowest BCUT2D eigenvalue weighted by Gasteiger charge is -2.20. The zero-order valence-electron chi connectivity index (χ0n) is 23.4. The number of hydrogen-bond donors (Lipinski definition) is 1. The number of hydrogen-bond acceptors (Lipinski definition) is 5. The lowest BCUT2D eigenvalue weighted by Crippen LogP contribution is -2.29. The fourth-order valence-electron chi connectivity index (χ4n) is 6.52. The molecule has 0 aromatic heterocycles. The number of sulfonamides is 1. The number of halogens is 1. The zero-order valence-corrected chi connectivity index (χ0v) is 24.2. The summed E-state index contributed by atoms with van der Waals surface area (Å²) in [6, 6.07) is 14.8. The Labute approximate surface area is 240 Å². The molecule has 41 heavy (non-hydrogen) atoms. The first kappa shape index (κ1) is 27.7. The number of benzene rings is 3. The summed E-state index contributed by atoms with van der Waals surface area (Å²) in [6.07, 6.45) is 3.27. The second-order valence-electron chi connectivity index (χ2n) is 11.6. The van der Waals surface area contributed by atoms with E-state index < -0.39 is 22.1 Å². The van der Waals surface area contributed by atoms with Crippen molar-refractivity contribution in [2.24, 2.45) is 5.92 Å². The molecule has 2 aliphatic carbocycles.